The van der Waals surface area contributed by atoms with E-state index in [1.807, 2.05) is 19.9 Å². The van der Waals surface area contributed by atoms with Crippen molar-refractivity contribution >= 4 is 23.5 Å². The standard InChI is InChI=1S/C16H19N3O4/c1-10(2)13-9-14(19-23-13)18-16(22)17-12-5-3-4-11(8-12)6-7-15(20)21/h3-5,8-10H,6-7H2,1-2H3,(H,20,21)(H2,17,18,19,22). The lowest BCUT2D eigenvalue weighted by Crippen LogP contribution is -2.19. The normalized spacial score (nSPS) is 10.6. The molecule has 0 spiro atoms. The Labute approximate surface area is 133 Å². The number of aromatic nitrogens is 1. The van der Waals surface area contributed by atoms with Crippen LogP contribution in [0.2, 0.25) is 0 Å². The monoisotopic (exact) mass is 317 g/mol. The second-order valence-corrected chi connectivity index (χ2v) is 5.44. The first kappa shape index (κ1) is 16.5. The fourth-order valence-electron chi connectivity index (χ4n) is 1.95. The molecule has 122 valence electrons. The highest BCUT2D eigenvalue weighted by atomic mass is 16.5. The minimum absolute atomic E-state index is 0.0482. The van der Waals surface area contributed by atoms with E-state index >= 15 is 0 Å². The van der Waals surface area contributed by atoms with E-state index in [0.717, 1.165) is 5.56 Å². The van der Waals surface area contributed by atoms with Crippen LogP contribution in [-0.4, -0.2) is 22.3 Å². The van der Waals surface area contributed by atoms with Crippen LogP contribution in [0.3, 0.4) is 0 Å². The second kappa shape index (κ2) is 7.44. The number of nitrogens with zero attached hydrogens (tertiary/aromatic N) is 1. The summed E-state index contributed by atoms with van der Waals surface area (Å²) in [6.07, 6.45) is 0.458. The molecule has 3 N–H and O–H groups in total. The predicted octanol–water partition coefficient (Wildman–Crippen LogP) is 3.46. The van der Waals surface area contributed by atoms with Crippen molar-refractivity contribution in [1.82, 2.24) is 5.16 Å². The van der Waals surface area contributed by atoms with Gasteiger partial charge < -0.3 is 14.9 Å². The Morgan fingerprint density at radius 2 is 2.04 bits per heavy atom. The molecule has 0 aliphatic carbocycles. The van der Waals surface area contributed by atoms with Gasteiger partial charge in [0.05, 0.1) is 0 Å². The second-order valence-electron chi connectivity index (χ2n) is 5.44. The number of nitrogens with one attached hydrogen (secondary N) is 2. The third kappa shape index (κ3) is 5.14. The quantitative estimate of drug-likeness (QED) is 0.756. The van der Waals surface area contributed by atoms with Crippen LogP contribution >= 0.6 is 0 Å². The Morgan fingerprint density at radius 1 is 1.26 bits per heavy atom. The van der Waals surface area contributed by atoms with Gasteiger partial charge in [-0.05, 0) is 24.1 Å². The number of hydrogen-bond donors (Lipinski definition) is 3. The summed E-state index contributed by atoms with van der Waals surface area (Å²) in [5.74, 6) is 0.365. The van der Waals surface area contributed by atoms with Gasteiger partial charge in [-0.1, -0.05) is 31.1 Å². The maximum atomic E-state index is 11.9. The summed E-state index contributed by atoms with van der Waals surface area (Å²) < 4.78 is 5.10. The molecule has 2 aromatic rings. The Morgan fingerprint density at radius 3 is 2.70 bits per heavy atom. The van der Waals surface area contributed by atoms with Crippen LogP contribution in [0.15, 0.2) is 34.9 Å². The number of carboxylic acid groups (broad SMARTS) is 1. The van der Waals surface area contributed by atoms with Gasteiger partial charge in [0.2, 0.25) is 0 Å². The molecule has 2 amide bonds. The van der Waals surface area contributed by atoms with Crippen molar-refractivity contribution in [2.45, 2.75) is 32.6 Å². The number of carboxylic acids is 1. The number of urea groups is 1. The smallest absolute Gasteiger partial charge is 0.324 e. The molecule has 0 saturated carbocycles. The van der Waals surface area contributed by atoms with E-state index in [1.54, 1.807) is 24.3 Å². The lowest BCUT2D eigenvalue weighted by Gasteiger charge is -2.07. The minimum atomic E-state index is -0.854. The molecular formula is C16H19N3O4. The molecule has 0 aliphatic heterocycles. The average Bonchev–Trinajstić information content (AvgIpc) is 2.94. The largest absolute Gasteiger partial charge is 0.481 e. The van der Waals surface area contributed by atoms with Gasteiger partial charge in [0.25, 0.3) is 0 Å². The van der Waals surface area contributed by atoms with Crippen LogP contribution in [0.25, 0.3) is 0 Å². The van der Waals surface area contributed by atoms with E-state index in [2.05, 4.69) is 15.8 Å². The zero-order valence-corrected chi connectivity index (χ0v) is 13.0. The number of carbonyl (C=O) groups is 2. The molecule has 1 aromatic heterocycles. The van der Waals surface area contributed by atoms with Gasteiger partial charge in [-0.3, -0.25) is 10.1 Å². The highest BCUT2D eigenvalue weighted by Gasteiger charge is 2.10. The van der Waals surface area contributed by atoms with E-state index in [9.17, 15) is 9.59 Å². The zero-order chi connectivity index (χ0) is 16.8. The fourth-order valence-corrected chi connectivity index (χ4v) is 1.95. The summed E-state index contributed by atoms with van der Waals surface area (Å²) in [7, 11) is 0. The van der Waals surface area contributed by atoms with E-state index in [0.29, 0.717) is 23.7 Å². The maximum absolute atomic E-state index is 11.9. The minimum Gasteiger partial charge on any atom is -0.481 e. The maximum Gasteiger partial charge on any atom is 0.324 e. The highest BCUT2D eigenvalue weighted by molar-refractivity contribution is 5.99. The molecule has 7 heteroatoms. The van der Waals surface area contributed by atoms with Gasteiger partial charge in [-0.25, -0.2) is 4.79 Å². The number of anilines is 2. The van der Waals surface area contributed by atoms with Gasteiger partial charge >= 0.3 is 12.0 Å². The van der Waals surface area contributed by atoms with Gasteiger partial charge in [0.1, 0.15) is 5.76 Å². The molecule has 0 aliphatic rings. The number of benzene rings is 1. The van der Waals surface area contributed by atoms with Crippen LogP contribution < -0.4 is 10.6 Å². The van der Waals surface area contributed by atoms with Crippen molar-refractivity contribution in [2.24, 2.45) is 0 Å². The topological polar surface area (TPSA) is 104 Å². The number of rotatable bonds is 6. The number of carbonyl (C=O) groups excluding carboxylic acids is 1. The molecule has 0 unspecified atom stereocenters. The predicted molar refractivity (Wildman–Crippen MR) is 85.6 cm³/mol. The van der Waals surface area contributed by atoms with E-state index in [4.69, 9.17) is 9.63 Å². The summed E-state index contributed by atoms with van der Waals surface area (Å²) in [5.41, 5.74) is 1.42. The molecule has 0 fully saturated rings. The Balaban J connectivity index is 1.94. The molecule has 23 heavy (non-hydrogen) atoms. The van der Waals surface area contributed by atoms with Crippen LogP contribution in [0.5, 0.6) is 0 Å². The Bertz CT molecular complexity index is 694. The molecule has 0 radical (unpaired) electrons. The van der Waals surface area contributed by atoms with E-state index in [1.165, 1.54) is 0 Å². The van der Waals surface area contributed by atoms with Crippen molar-refractivity contribution in [3.05, 3.63) is 41.7 Å². The summed E-state index contributed by atoms with van der Waals surface area (Å²) >= 11 is 0. The molecular weight excluding hydrogens is 298 g/mol. The van der Waals surface area contributed by atoms with Crippen LogP contribution in [0.4, 0.5) is 16.3 Å². The molecule has 0 saturated heterocycles. The van der Waals surface area contributed by atoms with Crippen molar-refractivity contribution < 1.29 is 19.2 Å². The van der Waals surface area contributed by atoms with Crippen LogP contribution in [-0.2, 0) is 11.2 Å². The first-order chi connectivity index (χ1) is 10.9. The first-order valence-electron chi connectivity index (χ1n) is 7.29. The summed E-state index contributed by atoms with van der Waals surface area (Å²) in [6.45, 7) is 3.93. The average molecular weight is 317 g/mol. The third-order valence-electron chi connectivity index (χ3n) is 3.15. The summed E-state index contributed by atoms with van der Waals surface area (Å²) in [4.78, 5) is 22.5. The van der Waals surface area contributed by atoms with Crippen LogP contribution in [0.1, 0.15) is 37.5 Å². The zero-order valence-electron chi connectivity index (χ0n) is 13.0. The first-order valence-corrected chi connectivity index (χ1v) is 7.29. The number of hydrogen-bond acceptors (Lipinski definition) is 4. The van der Waals surface area contributed by atoms with Crippen molar-refractivity contribution in [3.8, 4) is 0 Å². The van der Waals surface area contributed by atoms with Gasteiger partial charge in [0.15, 0.2) is 5.82 Å². The lowest BCUT2D eigenvalue weighted by molar-refractivity contribution is -0.136. The number of aryl methyl sites for hydroxylation is 1. The SMILES string of the molecule is CC(C)c1cc(NC(=O)Nc2cccc(CCC(=O)O)c2)no1. The van der Waals surface area contributed by atoms with Crippen molar-refractivity contribution in [1.29, 1.82) is 0 Å². The highest BCUT2D eigenvalue weighted by Crippen LogP contribution is 2.18. The van der Waals surface area contributed by atoms with Crippen molar-refractivity contribution in [3.63, 3.8) is 0 Å². The van der Waals surface area contributed by atoms with E-state index < -0.39 is 12.0 Å². The number of aliphatic carboxylic acids is 1. The molecule has 0 bridgehead atoms. The molecule has 1 heterocycles. The molecule has 7 nitrogen and oxygen atoms in total. The molecule has 1 aromatic carbocycles. The van der Waals surface area contributed by atoms with Gasteiger partial charge in [-0.15, -0.1) is 0 Å². The number of amides is 2. The molecule has 2 rings (SSSR count). The molecule has 0 atom stereocenters. The summed E-state index contributed by atoms with van der Waals surface area (Å²) in [5, 5.41) is 17.7. The van der Waals surface area contributed by atoms with Crippen molar-refractivity contribution in [2.75, 3.05) is 10.6 Å². The Hall–Kier alpha value is -2.83. The lowest BCUT2D eigenvalue weighted by atomic mass is 10.1. The summed E-state index contributed by atoms with van der Waals surface area (Å²) in [6, 6.07) is 8.28. The Kier molecular flexibility index (Phi) is 5.35. The van der Waals surface area contributed by atoms with Gasteiger partial charge in [-0.2, -0.15) is 0 Å². The third-order valence-corrected chi connectivity index (χ3v) is 3.15. The van der Waals surface area contributed by atoms with Gasteiger partial charge in [0, 0.05) is 24.1 Å². The van der Waals surface area contributed by atoms with Crippen LogP contribution in [0, 0.1) is 0 Å². The fraction of sp³-hybridized carbons (Fsp3) is 0.312. The van der Waals surface area contributed by atoms with E-state index in [-0.39, 0.29) is 12.3 Å².